The van der Waals surface area contributed by atoms with Gasteiger partial charge in [0.25, 0.3) is 5.91 Å². The molecule has 0 aliphatic heterocycles. The Labute approximate surface area is 97.0 Å². The van der Waals surface area contributed by atoms with Gasteiger partial charge in [-0.15, -0.1) is 0 Å². The number of amides is 1. The summed E-state index contributed by atoms with van der Waals surface area (Å²) in [5.74, 6) is 0.315. The number of nitrogens with two attached hydrogens (primary N) is 1. The smallest absolute Gasteiger partial charge is 0.251 e. The number of hydrogen-bond donors (Lipinski definition) is 2. The maximum atomic E-state index is 11.9. The molecule has 1 aromatic carbocycles. The van der Waals surface area contributed by atoms with Gasteiger partial charge in [-0.2, -0.15) is 0 Å². The van der Waals surface area contributed by atoms with E-state index in [9.17, 15) is 4.79 Å². The van der Waals surface area contributed by atoms with Gasteiger partial charge in [-0.1, -0.05) is 32.0 Å². The highest BCUT2D eigenvalue weighted by molar-refractivity contribution is 5.95. The number of nitrogens with one attached hydrogen (secondary N) is 1. The Bertz CT molecular complexity index is 350. The highest BCUT2D eigenvalue weighted by Gasteiger charge is 2.09. The highest BCUT2D eigenvalue weighted by Crippen LogP contribution is 2.09. The molecule has 1 atom stereocenters. The number of carbonyl (C=O) groups is 1. The molecule has 3 nitrogen and oxygen atoms in total. The molecule has 0 bridgehead atoms. The van der Waals surface area contributed by atoms with Crippen LogP contribution in [0, 0.1) is 5.92 Å². The average molecular weight is 220 g/mol. The third-order valence-corrected chi connectivity index (χ3v) is 2.66. The summed E-state index contributed by atoms with van der Waals surface area (Å²) in [4.78, 5) is 11.9. The molecule has 0 aromatic heterocycles. The fraction of sp³-hybridized carbons (Fsp3) is 0.462. The van der Waals surface area contributed by atoms with Crippen LogP contribution in [-0.4, -0.2) is 19.0 Å². The molecule has 1 amide bonds. The van der Waals surface area contributed by atoms with Crippen LogP contribution in [0.4, 0.5) is 0 Å². The van der Waals surface area contributed by atoms with Crippen LogP contribution in [0.15, 0.2) is 24.3 Å². The van der Waals surface area contributed by atoms with E-state index in [1.165, 1.54) is 0 Å². The lowest BCUT2D eigenvalue weighted by Gasteiger charge is -2.11. The van der Waals surface area contributed by atoms with Crippen LogP contribution in [-0.2, 0) is 6.42 Å². The van der Waals surface area contributed by atoms with Crippen LogP contribution in [0.5, 0.6) is 0 Å². The molecule has 0 aliphatic carbocycles. The van der Waals surface area contributed by atoms with Gasteiger partial charge in [-0.05, 0) is 30.5 Å². The highest BCUT2D eigenvalue weighted by atomic mass is 16.1. The topological polar surface area (TPSA) is 55.1 Å². The van der Waals surface area contributed by atoms with Crippen LogP contribution in [0.25, 0.3) is 0 Å². The molecule has 0 saturated carbocycles. The largest absolute Gasteiger partial charge is 0.352 e. The summed E-state index contributed by atoms with van der Waals surface area (Å²) in [6, 6.07) is 7.70. The molecule has 0 heterocycles. The molecule has 3 N–H and O–H groups in total. The van der Waals surface area contributed by atoms with Crippen LogP contribution < -0.4 is 11.1 Å². The zero-order valence-electron chi connectivity index (χ0n) is 9.99. The van der Waals surface area contributed by atoms with Gasteiger partial charge in [-0.25, -0.2) is 0 Å². The maximum Gasteiger partial charge on any atom is 0.251 e. The van der Waals surface area contributed by atoms with Crippen molar-refractivity contribution in [3.63, 3.8) is 0 Å². The second-order valence-electron chi connectivity index (χ2n) is 4.06. The monoisotopic (exact) mass is 220 g/mol. The first-order chi connectivity index (χ1) is 7.69. The van der Waals surface area contributed by atoms with Gasteiger partial charge in [0, 0.05) is 12.1 Å². The first-order valence-corrected chi connectivity index (χ1v) is 5.75. The Kier molecular flexibility index (Phi) is 4.99. The SMILES string of the molecule is CCc1ccccc1C(=O)NCC(C)CN. The number of hydrogen-bond acceptors (Lipinski definition) is 2. The van der Waals surface area contributed by atoms with Crippen LogP contribution in [0.1, 0.15) is 29.8 Å². The standard InChI is InChI=1S/C13H20N2O/c1-3-11-6-4-5-7-12(11)13(16)15-9-10(2)8-14/h4-7,10H,3,8-9,14H2,1-2H3,(H,15,16). The fourth-order valence-electron chi connectivity index (χ4n) is 1.50. The molecular weight excluding hydrogens is 200 g/mol. The number of carbonyl (C=O) groups excluding carboxylic acids is 1. The van der Waals surface area contributed by atoms with Crippen LogP contribution in [0.2, 0.25) is 0 Å². The van der Waals surface area contributed by atoms with Crippen molar-refractivity contribution in [3.8, 4) is 0 Å². The molecule has 1 unspecified atom stereocenters. The molecular formula is C13H20N2O. The zero-order valence-corrected chi connectivity index (χ0v) is 9.99. The summed E-state index contributed by atoms with van der Waals surface area (Å²) < 4.78 is 0. The zero-order chi connectivity index (χ0) is 12.0. The fourth-order valence-corrected chi connectivity index (χ4v) is 1.50. The predicted molar refractivity (Wildman–Crippen MR) is 66.4 cm³/mol. The quantitative estimate of drug-likeness (QED) is 0.791. The van der Waals surface area contributed by atoms with Crippen LogP contribution >= 0.6 is 0 Å². The van der Waals surface area contributed by atoms with Crippen molar-refractivity contribution in [2.45, 2.75) is 20.3 Å². The summed E-state index contributed by atoms with van der Waals surface area (Å²) in [5, 5.41) is 2.91. The molecule has 0 spiro atoms. The molecule has 88 valence electrons. The van der Waals surface area contributed by atoms with Crippen molar-refractivity contribution in [2.24, 2.45) is 11.7 Å². The first kappa shape index (κ1) is 12.7. The minimum Gasteiger partial charge on any atom is -0.352 e. The Morgan fingerprint density at radius 3 is 2.75 bits per heavy atom. The van der Waals surface area contributed by atoms with E-state index in [-0.39, 0.29) is 5.91 Å². The second kappa shape index (κ2) is 6.28. The van der Waals surface area contributed by atoms with E-state index in [1.807, 2.05) is 31.2 Å². The molecule has 1 rings (SSSR count). The molecule has 0 saturated heterocycles. The third-order valence-electron chi connectivity index (χ3n) is 2.66. The summed E-state index contributed by atoms with van der Waals surface area (Å²) in [6.45, 7) is 5.30. The summed E-state index contributed by atoms with van der Waals surface area (Å²) in [5.41, 5.74) is 7.36. The molecule has 3 heteroatoms. The first-order valence-electron chi connectivity index (χ1n) is 5.75. The van der Waals surface area contributed by atoms with Crippen molar-refractivity contribution in [1.29, 1.82) is 0 Å². The molecule has 0 fully saturated rings. The van der Waals surface area contributed by atoms with Gasteiger partial charge in [0.05, 0.1) is 0 Å². The van der Waals surface area contributed by atoms with Crippen molar-refractivity contribution in [1.82, 2.24) is 5.32 Å². The molecule has 1 aromatic rings. The maximum absolute atomic E-state index is 11.9. The Hall–Kier alpha value is -1.35. The lowest BCUT2D eigenvalue weighted by Crippen LogP contribution is -2.31. The number of rotatable bonds is 5. The lowest BCUT2D eigenvalue weighted by atomic mass is 10.0. The third kappa shape index (κ3) is 3.35. The van der Waals surface area contributed by atoms with Crippen molar-refractivity contribution in [3.05, 3.63) is 35.4 Å². The lowest BCUT2D eigenvalue weighted by molar-refractivity contribution is 0.0947. The van der Waals surface area contributed by atoms with Crippen LogP contribution in [0.3, 0.4) is 0 Å². The van der Waals surface area contributed by atoms with Gasteiger partial charge in [0.2, 0.25) is 0 Å². The Morgan fingerprint density at radius 2 is 2.12 bits per heavy atom. The summed E-state index contributed by atoms with van der Waals surface area (Å²) in [6.07, 6.45) is 0.871. The Morgan fingerprint density at radius 1 is 1.44 bits per heavy atom. The normalized spacial score (nSPS) is 12.2. The van der Waals surface area contributed by atoms with E-state index in [1.54, 1.807) is 0 Å². The second-order valence-corrected chi connectivity index (χ2v) is 4.06. The Balaban J connectivity index is 2.65. The van der Waals surface area contributed by atoms with Gasteiger partial charge < -0.3 is 11.1 Å². The van der Waals surface area contributed by atoms with E-state index < -0.39 is 0 Å². The van der Waals surface area contributed by atoms with Gasteiger partial charge in [0.15, 0.2) is 0 Å². The summed E-state index contributed by atoms with van der Waals surface area (Å²) >= 11 is 0. The number of benzene rings is 1. The minimum atomic E-state index is -0.00208. The average Bonchev–Trinajstić information content (AvgIpc) is 2.35. The molecule has 0 aliphatic rings. The van der Waals surface area contributed by atoms with Gasteiger partial charge in [0.1, 0.15) is 0 Å². The van der Waals surface area contributed by atoms with E-state index in [2.05, 4.69) is 12.2 Å². The van der Waals surface area contributed by atoms with E-state index in [0.29, 0.717) is 19.0 Å². The number of aryl methyl sites for hydroxylation is 1. The van der Waals surface area contributed by atoms with Crippen molar-refractivity contribution in [2.75, 3.05) is 13.1 Å². The van der Waals surface area contributed by atoms with Crippen molar-refractivity contribution < 1.29 is 4.79 Å². The minimum absolute atomic E-state index is 0.00208. The van der Waals surface area contributed by atoms with Gasteiger partial charge >= 0.3 is 0 Å². The predicted octanol–water partition coefficient (Wildman–Crippen LogP) is 1.57. The van der Waals surface area contributed by atoms with E-state index >= 15 is 0 Å². The molecule has 0 radical (unpaired) electrons. The van der Waals surface area contributed by atoms with E-state index in [4.69, 9.17) is 5.73 Å². The molecule has 16 heavy (non-hydrogen) atoms. The van der Waals surface area contributed by atoms with E-state index in [0.717, 1.165) is 17.5 Å². The summed E-state index contributed by atoms with van der Waals surface area (Å²) in [7, 11) is 0. The van der Waals surface area contributed by atoms with Crippen molar-refractivity contribution >= 4 is 5.91 Å². The van der Waals surface area contributed by atoms with Gasteiger partial charge in [-0.3, -0.25) is 4.79 Å².